The Morgan fingerprint density at radius 1 is 0.408 bits per heavy atom. The molecule has 0 spiro atoms. The molecular weight excluding hydrogens is 966 g/mol. The smallest absolute Gasteiger partial charge is 0.462 e. The second-order valence-electron chi connectivity index (χ2n) is 21.7. The summed E-state index contributed by atoms with van der Waals surface area (Å²) >= 11 is 0. The summed E-state index contributed by atoms with van der Waals surface area (Å²) in [7, 11) is 1.47. The van der Waals surface area contributed by atoms with Crippen molar-refractivity contribution in [3.8, 4) is 0 Å². The van der Waals surface area contributed by atoms with Gasteiger partial charge in [-0.25, -0.2) is 4.57 Å². The Kier molecular flexibility index (Phi) is 54.4. The highest BCUT2D eigenvalue weighted by molar-refractivity contribution is 7.47. The fraction of sp³-hybridized carbons (Fsp3) is 0.727. The largest absolute Gasteiger partial charge is 0.472 e. The van der Waals surface area contributed by atoms with E-state index < -0.39 is 26.5 Å². The summed E-state index contributed by atoms with van der Waals surface area (Å²) in [6.45, 7) is 4.22. The third-order valence-electron chi connectivity index (χ3n) is 13.1. The molecule has 0 radical (unpaired) electrons. The van der Waals surface area contributed by atoms with E-state index in [4.69, 9.17) is 18.5 Å². The van der Waals surface area contributed by atoms with E-state index in [0.717, 1.165) is 89.9 Å². The maximum Gasteiger partial charge on any atom is 0.472 e. The number of phosphoric acid groups is 1. The zero-order valence-corrected chi connectivity index (χ0v) is 50.6. The number of phosphoric ester groups is 1. The molecule has 0 aromatic carbocycles. The molecule has 0 heterocycles. The van der Waals surface area contributed by atoms with Gasteiger partial charge < -0.3 is 18.9 Å². The Labute approximate surface area is 468 Å². The topological polar surface area (TPSA) is 108 Å². The van der Waals surface area contributed by atoms with Crippen molar-refractivity contribution < 1.29 is 42.1 Å². The van der Waals surface area contributed by atoms with Gasteiger partial charge >= 0.3 is 19.8 Å². The van der Waals surface area contributed by atoms with Crippen LogP contribution in [-0.2, 0) is 32.7 Å². The van der Waals surface area contributed by atoms with Gasteiger partial charge in [-0.2, -0.15) is 0 Å². The number of nitrogens with zero attached hydrogens (tertiary/aromatic N) is 1. The third kappa shape index (κ3) is 60.2. The second kappa shape index (κ2) is 56.6. The van der Waals surface area contributed by atoms with E-state index in [-0.39, 0.29) is 32.0 Å². The third-order valence-corrected chi connectivity index (χ3v) is 14.1. The first-order chi connectivity index (χ1) is 37.0. The van der Waals surface area contributed by atoms with Crippen LogP contribution in [-0.4, -0.2) is 74.9 Å². The van der Waals surface area contributed by atoms with Gasteiger partial charge in [0, 0.05) is 12.8 Å². The molecule has 2 unspecified atom stereocenters. The zero-order valence-electron chi connectivity index (χ0n) is 49.7. The molecule has 2 atom stereocenters. The molecule has 0 saturated heterocycles. The van der Waals surface area contributed by atoms with Gasteiger partial charge in [0.2, 0.25) is 0 Å². The number of carbonyl (C=O) groups excluding carboxylic acids is 2. The SMILES string of the molecule is CC/C=C\C/C=C\C/C=C\C/C=C\CCCCCCCCCCCCCCCCC(=O)OC(COC(=O)CCCCCCCCCCCCCC/C=C\C/C=C\C/C=C\C/C=C\CC)COP(=O)(O)OCC[N+](C)(C)C. The van der Waals surface area contributed by atoms with Crippen molar-refractivity contribution in [1.82, 2.24) is 0 Å². The zero-order chi connectivity index (χ0) is 55.6. The lowest BCUT2D eigenvalue weighted by Crippen LogP contribution is -2.37. The van der Waals surface area contributed by atoms with E-state index in [0.29, 0.717) is 17.4 Å². The summed E-state index contributed by atoms with van der Waals surface area (Å²) in [4.78, 5) is 35.8. The maximum absolute atomic E-state index is 12.8. The molecule has 0 fully saturated rings. The van der Waals surface area contributed by atoms with Crippen molar-refractivity contribution in [1.29, 1.82) is 0 Å². The van der Waals surface area contributed by atoms with Gasteiger partial charge in [0.05, 0.1) is 27.7 Å². The van der Waals surface area contributed by atoms with E-state index in [1.54, 1.807) is 0 Å². The van der Waals surface area contributed by atoms with Crippen molar-refractivity contribution in [3.63, 3.8) is 0 Å². The molecule has 0 aliphatic carbocycles. The lowest BCUT2D eigenvalue weighted by Gasteiger charge is -2.24. The highest BCUT2D eigenvalue weighted by atomic mass is 31.2. The number of ether oxygens (including phenoxy) is 2. The Morgan fingerprint density at radius 2 is 0.711 bits per heavy atom. The first kappa shape index (κ1) is 72.9. The molecule has 10 heteroatoms. The summed E-state index contributed by atoms with van der Waals surface area (Å²) < 4.78 is 34.6. The molecule has 9 nitrogen and oxygen atoms in total. The van der Waals surface area contributed by atoms with Crippen molar-refractivity contribution in [3.05, 3.63) is 97.2 Å². The average molecular weight is 1080 g/mol. The van der Waals surface area contributed by atoms with Crippen molar-refractivity contribution in [2.75, 3.05) is 47.5 Å². The van der Waals surface area contributed by atoms with Crippen LogP contribution in [0.3, 0.4) is 0 Å². The predicted octanol–water partition coefficient (Wildman–Crippen LogP) is 19.6. The van der Waals surface area contributed by atoms with Crippen LogP contribution in [0.1, 0.15) is 258 Å². The number of likely N-dealkylation sites (N-methyl/N-ethyl adjacent to an activating group) is 1. The van der Waals surface area contributed by atoms with Gasteiger partial charge in [0.15, 0.2) is 6.10 Å². The number of hydrogen-bond donors (Lipinski definition) is 1. The highest BCUT2D eigenvalue weighted by Crippen LogP contribution is 2.43. The molecule has 76 heavy (non-hydrogen) atoms. The lowest BCUT2D eigenvalue weighted by atomic mass is 10.0. The fourth-order valence-electron chi connectivity index (χ4n) is 8.41. The van der Waals surface area contributed by atoms with Gasteiger partial charge in [-0.1, -0.05) is 252 Å². The molecule has 0 aromatic rings. The highest BCUT2D eigenvalue weighted by Gasteiger charge is 2.27. The van der Waals surface area contributed by atoms with E-state index in [1.807, 2.05) is 21.1 Å². The van der Waals surface area contributed by atoms with Crippen LogP contribution in [0.4, 0.5) is 0 Å². The number of quaternary nitrogens is 1. The van der Waals surface area contributed by atoms with Gasteiger partial charge in [0.25, 0.3) is 0 Å². The van der Waals surface area contributed by atoms with Gasteiger partial charge in [-0.05, 0) is 89.9 Å². The first-order valence-corrected chi connectivity index (χ1v) is 32.5. The normalized spacial score (nSPS) is 13.9. The quantitative estimate of drug-likeness (QED) is 0.0211. The summed E-state index contributed by atoms with van der Waals surface area (Å²) in [5.74, 6) is -0.798. The van der Waals surface area contributed by atoms with Crippen LogP contribution in [0, 0.1) is 0 Å². The van der Waals surface area contributed by atoms with Gasteiger partial charge in [-0.15, -0.1) is 0 Å². The van der Waals surface area contributed by atoms with Gasteiger partial charge in [0.1, 0.15) is 19.8 Å². The van der Waals surface area contributed by atoms with E-state index in [2.05, 4.69) is 111 Å². The molecule has 0 aromatic heterocycles. The number of rotatable bonds is 56. The Balaban J connectivity index is 4.12. The summed E-state index contributed by atoms with van der Waals surface area (Å²) in [5, 5.41) is 0. The molecule has 0 amide bonds. The Morgan fingerprint density at radius 3 is 1.05 bits per heavy atom. The number of allylic oxidation sites excluding steroid dienone is 16. The van der Waals surface area contributed by atoms with Crippen molar-refractivity contribution in [2.45, 2.75) is 264 Å². The van der Waals surface area contributed by atoms with Gasteiger partial charge in [-0.3, -0.25) is 18.6 Å². The van der Waals surface area contributed by atoms with Crippen LogP contribution in [0.5, 0.6) is 0 Å². The number of hydrogen-bond acceptors (Lipinski definition) is 7. The van der Waals surface area contributed by atoms with Crippen LogP contribution in [0.15, 0.2) is 97.2 Å². The van der Waals surface area contributed by atoms with Crippen molar-refractivity contribution in [2.24, 2.45) is 0 Å². The minimum Gasteiger partial charge on any atom is -0.462 e. The summed E-state index contributed by atoms with van der Waals surface area (Å²) in [6, 6.07) is 0. The van der Waals surface area contributed by atoms with Crippen molar-refractivity contribution >= 4 is 19.8 Å². The molecule has 438 valence electrons. The van der Waals surface area contributed by atoms with Crippen LogP contribution < -0.4 is 0 Å². The predicted molar refractivity (Wildman–Crippen MR) is 325 cm³/mol. The molecule has 0 saturated carbocycles. The number of carbonyl (C=O) groups is 2. The monoisotopic (exact) mass is 1080 g/mol. The molecule has 1 N–H and O–H groups in total. The Hall–Kier alpha value is -3.07. The maximum atomic E-state index is 12.8. The second-order valence-corrected chi connectivity index (χ2v) is 23.1. The van der Waals surface area contributed by atoms with E-state index in [1.165, 1.54) is 135 Å². The van der Waals surface area contributed by atoms with Crippen LogP contribution in [0.2, 0.25) is 0 Å². The molecule has 0 aliphatic rings. The average Bonchev–Trinajstić information content (AvgIpc) is 3.38. The fourth-order valence-corrected chi connectivity index (χ4v) is 9.15. The first-order valence-electron chi connectivity index (χ1n) is 31.0. The molecular formula is C66H117NO8P+. The lowest BCUT2D eigenvalue weighted by molar-refractivity contribution is -0.870. The number of unbranched alkanes of at least 4 members (excludes halogenated alkanes) is 26. The van der Waals surface area contributed by atoms with E-state index in [9.17, 15) is 19.0 Å². The summed E-state index contributed by atoms with van der Waals surface area (Å²) in [6.07, 6.45) is 77.6. The minimum atomic E-state index is -4.39. The van der Waals surface area contributed by atoms with Crippen LogP contribution in [0.25, 0.3) is 0 Å². The summed E-state index contributed by atoms with van der Waals surface area (Å²) in [5.41, 5.74) is 0. The molecule has 0 aliphatic heterocycles. The van der Waals surface area contributed by atoms with E-state index >= 15 is 0 Å². The Bertz CT molecular complexity index is 1600. The molecule has 0 rings (SSSR count). The minimum absolute atomic E-state index is 0.0281. The van der Waals surface area contributed by atoms with Crippen LogP contribution >= 0.6 is 7.82 Å². The standard InChI is InChI=1S/C66H116NO8P/c1-6-8-10-12-14-16-18-20-22-24-26-28-30-32-33-35-37-39-41-43-45-47-49-51-53-55-57-59-66(69)75-64(63-74-76(70,71)73-61-60-67(3,4)5)62-72-65(68)58-56-54-52-50-48-46-44-42-40-38-36-34-31-29-27-25-23-21-19-17-15-13-11-9-7-2/h8-11,14-17,20-23,26-29,64H,6-7,12-13,18-19,24-25,30-63H2,1-5H3/p+1/b10-8-,11-9-,16-14-,17-15-,22-20-,23-21-,28-26-,29-27-. The number of esters is 2. The molecule has 0 bridgehead atoms.